The number of benzene rings is 1. The van der Waals surface area contributed by atoms with E-state index in [0.717, 1.165) is 24.9 Å². The first kappa shape index (κ1) is 35.8. The van der Waals surface area contributed by atoms with E-state index in [-0.39, 0.29) is 44.1 Å². The Kier molecular flexibility index (Phi) is 21.0. The molecule has 1 rings (SSSR count). The van der Waals surface area contributed by atoms with E-state index in [1.54, 1.807) is 5.06 Å². The molecule has 1 aromatic carbocycles. The smallest absolute Gasteiger partial charge is 1.00 e. The molecular formula is C26H44NNaO8S. The molecule has 9 nitrogen and oxygen atoms in total. The van der Waals surface area contributed by atoms with Crippen LogP contribution in [0, 0.1) is 0 Å². The Morgan fingerprint density at radius 2 is 1.41 bits per heavy atom. The molecule has 0 aromatic heterocycles. The summed E-state index contributed by atoms with van der Waals surface area (Å²) in [6.45, 7) is 2.59. The number of ether oxygens (including phenoxy) is 1. The summed E-state index contributed by atoms with van der Waals surface area (Å²) in [6.07, 6.45) is 13.8. The maximum atomic E-state index is 12.0. The van der Waals surface area contributed by atoms with Crippen LogP contribution in [0.3, 0.4) is 0 Å². The Morgan fingerprint density at radius 1 is 0.892 bits per heavy atom. The molecular weight excluding hydrogens is 509 g/mol. The molecule has 0 saturated heterocycles. The normalized spacial score (nSPS) is 11.9. The van der Waals surface area contributed by atoms with Crippen LogP contribution in [0.2, 0.25) is 0 Å². The third-order valence-electron chi connectivity index (χ3n) is 5.81. The minimum Gasteiger partial charge on any atom is -1.00 e. The molecule has 1 unspecified atom stereocenters. The molecule has 0 aliphatic carbocycles. The molecule has 1 atom stereocenters. The number of carbonyl (C=O) groups excluding carboxylic acids is 1. The van der Waals surface area contributed by atoms with Crippen molar-refractivity contribution in [2.24, 2.45) is 0 Å². The van der Waals surface area contributed by atoms with Crippen molar-refractivity contribution in [3.63, 3.8) is 0 Å². The van der Waals surface area contributed by atoms with Gasteiger partial charge in [0.1, 0.15) is 6.61 Å². The fourth-order valence-corrected chi connectivity index (χ4v) is 4.44. The van der Waals surface area contributed by atoms with Gasteiger partial charge in [-0.25, -0.2) is 0 Å². The van der Waals surface area contributed by atoms with Crippen molar-refractivity contribution >= 4 is 27.7 Å². The van der Waals surface area contributed by atoms with Crippen LogP contribution < -0.4 is 34.6 Å². The third-order valence-corrected chi connectivity index (χ3v) is 6.89. The molecule has 1 aromatic rings. The molecule has 0 fully saturated rings. The van der Waals surface area contributed by atoms with Crippen molar-refractivity contribution in [2.45, 2.75) is 95.6 Å². The van der Waals surface area contributed by atoms with Crippen molar-refractivity contribution < 1.29 is 68.2 Å². The SMILES string of the molecule is CCCCCCCCCCCCCCON(CCOC(=O)C(CC(=O)O)S(=O)(=O)O)c1ccccc1.[H-].[Na+]. The summed E-state index contributed by atoms with van der Waals surface area (Å²) >= 11 is 0. The van der Waals surface area contributed by atoms with E-state index in [0.29, 0.717) is 6.61 Å². The first-order valence-electron chi connectivity index (χ1n) is 13.1. The van der Waals surface area contributed by atoms with Gasteiger partial charge in [-0.15, -0.1) is 0 Å². The molecule has 0 radical (unpaired) electrons. The number of carboxylic acid groups (broad SMARTS) is 1. The van der Waals surface area contributed by atoms with Crippen LogP contribution >= 0.6 is 0 Å². The van der Waals surface area contributed by atoms with Crippen molar-refractivity contribution in [3.8, 4) is 0 Å². The number of nitrogens with zero attached hydrogens (tertiary/aromatic N) is 1. The van der Waals surface area contributed by atoms with Crippen molar-refractivity contribution in [1.29, 1.82) is 0 Å². The van der Waals surface area contributed by atoms with E-state index in [2.05, 4.69) is 6.92 Å². The van der Waals surface area contributed by atoms with Gasteiger partial charge >= 0.3 is 41.5 Å². The molecule has 0 aliphatic rings. The summed E-state index contributed by atoms with van der Waals surface area (Å²) in [6, 6.07) is 9.19. The Morgan fingerprint density at radius 3 is 1.89 bits per heavy atom. The summed E-state index contributed by atoms with van der Waals surface area (Å²) in [4.78, 5) is 28.7. The second-order valence-corrected chi connectivity index (χ2v) is 10.5. The molecule has 0 spiro atoms. The quantitative estimate of drug-likeness (QED) is 0.0731. The Balaban J connectivity index is 0. The largest absolute Gasteiger partial charge is 1.00 e. The Bertz CT molecular complexity index is 845. The fraction of sp³-hybridized carbons (Fsp3) is 0.692. The van der Waals surface area contributed by atoms with Gasteiger partial charge in [-0.3, -0.25) is 24.0 Å². The fourth-order valence-electron chi connectivity index (χ4n) is 3.77. The van der Waals surface area contributed by atoms with E-state index >= 15 is 0 Å². The first-order valence-corrected chi connectivity index (χ1v) is 14.6. The van der Waals surface area contributed by atoms with Crippen LogP contribution in [0.15, 0.2) is 30.3 Å². The van der Waals surface area contributed by atoms with Gasteiger partial charge in [-0.1, -0.05) is 95.8 Å². The molecule has 208 valence electrons. The zero-order valence-corrected chi connectivity index (χ0v) is 25.3. The minimum atomic E-state index is -4.90. The maximum Gasteiger partial charge on any atom is 1.00 e. The van der Waals surface area contributed by atoms with Gasteiger partial charge in [-0.2, -0.15) is 8.42 Å². The molecule has 0 aliphatic heterocycles. The summed E-state index contributed by atoms with van der Waals surface area (Å²) in [5.41, 5.74) is 0.740. The second-order valence-electron chi connectivity index (χ2n) is 8.93. The van der Waals surface area contributed by atoms with Crippen molar-refractivity contribution in [2.75, 3.05) is 24.8 Å². The number of hydrogen-bond donors (Lipinski definition) is 2. The van der Waals surface area contributed by atoms with Crippen LogP contribution in [-0.4, -0.2) is 55.0 Å². The number of para-hydroxylation sites is 1. The molecule has 0 amide bonds. The average molecular weight is 554 g/mol. The zero-order valence-electron chi connectivity index (χ0n) is 23.5. The van der Waals surface area contributed by atoms with Crippen molar-refractivity contribution in [1.82, 2.24) is 0 Å². The molecule has 11 heteroatoms. The van der Waals surface area contributed by atoms with Gasteiger partial charge in [0.05, 0.1) is 25.3 Å². The third kappa shape index (κ3) is 17.9. The summed E-state index contributed by atoms with van der Waals surface area (Å²) in [5, 5.41) is 8.19. The monoisotopic (exact) mass is 553 g/mol. The molecule has 0 saturated carbocycles. The van der Waals surface area contributed by atoms with Gasteiger partial charge in [-0.05, 0) is 18.6 Å². The van der Waals surface area contributed by atoms with Crippen LogP contribution in [0.5, 0.6) is 0 Å². The van der Waals surface area contributed by atoms with Crippen LogP contribution in [-0.2, 0) is 29.3 Å². The van der Waals surface area contributed by atoms with Crippen molar-refractivity contribution in [3.05, 3.63) is 30.3 Å². The van der Waals surface area contributed by atoms with Crippen LogP contribution in [0.4, 0.5) is 5.69 Å². The number of hydrogen-bond acceptors (Lipinski definition) is 7. The standard InChI is InChI=1S/C26H43NO8S.Na.H/c1-2-3-4-5-6-7-8-9-10-11-12-16-20-35-27(23-17-14-13-15-18-23)19-21-34-26(30)24(22-25(28)29)36(31,32)33;;/h13-15,17-18,24H,2-12,16,19-22H2,1H3,(H,28,29)(H,31,32,33);;/q;+1;-1. The van der Waals surface area contributed by atoms with E-state index in [1.165, 1.54) is 57.8 Å². The number of anilines is 1. The van der Waals surface area contributed by atoms with Gasteiger partial charge < -0.3 is 11.3 Å². The molecule has 37 heavy (non-hydrogen) atoms. The van der Waals surface area contributed by atoms with Gasteiger partial charge in [0.2, 0.25) is 0 Å². The Labute approximate surface area is 245 Å². The number of carboxylic acids is 1. The maximum absolute atomic E-state index is 12.0. The van der Waals surface area contributed by atoms with E-state index in [4.69, 9.17) is 19.2 Å². The summed E-state index contributed by atoms with van der Waals surface area (Å²) < 4.78 is 36.7. The predicted octanol–water partition coefficient (Wildman–Crippen LogP) is 2.52. The number of carbonyl (C=O) groups is 2. The van der Waals surface area contributed by atoms with E-state index in [1.807, 2.05) is 30.3 Å². The number of aliphatic carboxylic acids is 1. The topological polar surface area (TPSA) is 130 Å². The first-order chi connectivity index (χ1) is 17.3. The zero-order chi connectivity index (χ0) is 26.7. The molecule has 0 bridgehead atoms. The van der Waals surface area contributed by atoms with Gasteiger partial charge in [0, 0.05) is 0 Å². The molecule has 2 N–H and O–H groups in total. The number of rotatable bonds is 22. The number of unbranched alkanes of at least 4 members (excludes halogenated alkanes) is 11. The van der Waals surface area contributed by atoms with Crippen LogP contribution in [0.25, 0.3) is 0 Å². The van der Waals surface area contributed by atoms with E-state index in [9.17, 15) is 18.0 Å². The average Bonchev–Trinajstić information content (AvgIpc) is 2.84. The summed E-state index contributed by atoms with van der Waals surface area (Å²) in [7, 11) is -4.90. The summed E-state index contributed by atoms with van der Waals surface area (Å²) in [5.74, 6) is -2.85. The second kappa shape index (κ2) is 21.7. The minimum absolute atomic E-state index is 0. The van der Waals surface area contributed by atoms with Crippen LogP contribution in [0.1, 0.15) is 91.8 Å². The predicted molar refractivity (Wildman–Crippen MR) is 140 cm³/mol. The molecule has 0 heterocycles. The number of hydroxylamine groups is 1. The van der Waals surface area contributed by atoms with Gasteiger partial charge in [0.15, 0.2) is 5.25 Å². The Hall–Kier alpha value is -1.17. The van der Waals surface area contributed by atoms with Gasteiger partial charge in [0.25, 0.3) is 10.1 Å². The number of esters is 1. The van der Waals surface area contributed by atoms with E-state index < -0.39 is 33.7 Å².